The van der Waals surface area contributed by atoms with Gasteiger partial charge in [0, 0.05) is 55.8 Å². The third-order valence-corrected chi connectivity index (χ3v) is 5.86. The van der Waals surface area contributed by atoms with Gasteiger partial charge in [-0.25, -0.2) is 0 Å². The summed E-state index contributed by atoms with van der Waals surface area (Å²) >= 11 is 0. The van der Waals surface area contributed by atoms with Crippen molar-refractivity contribution in [2.75, 3.05) is 26.2 Å². The normalized spacial score (nSPS) is 15.0. The van der Waals surface area contributed by atoms with E-state index < -0.39 is 0 Å². The van der Waals surface area contributed by atoms with Crippen molar-refractivity contribution in [2.45, 2.75) is 27.3 Å². The number of nitro groups is 1. The Kier molecular flexibility index (Phi) is 5.30. The number of carbonyl (C=O) groups excluding carboxylic acids is 1. The van der Waals surface area contributed by atoms with Crippen LogP contribution in [0, 0.1) is 30.9 Å². The summed E-state index contributed by atoms with van der Waals surface area (Å²) in [7, 11) is 0. The van der Waals surface area contributed by atoms with Gasteiger partial charge in [-0.3, -0.25) is 19.8 Å². The molecule has 1 aliphatic rings. The zero-order chi connectivity index (χ0) is 21.4. The molecular formula is C23H25N3O4. The van der Waals surface area contributed by atoms with Crippen molar-refractivity contribution in [3.8, 4) is 0 Å². The van der Waals surface area contributed by atoms with E-state index in [1.54, 1.807) is 12.1 Å². The minimum absolute atomic E-state index is 0.0718. The van der Waals surface area contributed by atoms with Crippen LogP contribution in [0.5, 0.6) is 0 Å². The summed E-state index contributed by atoms with van der Waals surface area (Å²) in [5, 5.41) is 12.0. The van der Waals surface area contributed by atoms with E-state index in [-0.39, 0.29) is 16.5 Å². The molecule has 156 valence electrons. The van der Waals surface area contributed by atoms with E-state index in [0.29, 0.717) is 38.5 Å². The van der Waals surface area contributed by atoms with Crippen LogP contribution in [0.25, 0.3) is 11.0 Å². The van der Waals surface area contributed by atoms with Gasteiger partial charge in [0.2, 0.25) is 0 Å². The highest BCUT2D eigenvalue weighted by Gasteiger charge is 2.27. The first-order chi connectivity index (χ1) is 14.3. The van der Waals surface area contributed by atoms with E-state index in [4.69, 9.17) is 4.42 Å². The van der Waals surface area contributed by atoms with Crippen LogP contribution in [0.3, 0.4) is 0 Å². The molecule has 0 radical (unpaired) electrons. The Balaban J connectivity index is 1.45. The highest BCUT2D eigenvalue weighted by Crippen LogP contribution is 2.31. The number of benzene rings is 2. The van der Waals surface area contributed by atoms with Crippen molar-refractivity contribution in [3.63, 3.8) is 0 Å². The molecule has 0 atom stereocenters. The molecule has 2 aromatic carbocycles. The molecule has 1 saturated heterocycles. The first-order valence-electron chi connectivity index (χ1n) is 10.1. The predicted octanol–water partition coefficient (Wildman–Crippen LogP) is 4.22. The van der Waals surface area contributed by atoms with Crippen molar-refractivity contribution in [1.29, 1.82) is 0 Å². The molecular weight excluding hydrogens is 382 g/mol. The number of aryl methyl sites for hydroxylation is 3. The minimum Gasteiger partial charge on any atom is -0.450 e. The fraction of sp³-hybridized carbons (Fsp3) is 0.348. The van der Waals surface area contributed by atoms with E-state index >= 15 is 0 Å². The van der Waals surface area contributed by atoms with Gasteiger partial charge in [0.15, 0.2) is 5.76 Å². The number of hydrogen-bond donors (Lipinski definition) is 0. The molecule has 0 saturated carbocycles. The van der Waals surface area contributed by atoms with Crippen LogP contribution >= 0.6 is 0 Å². The average molecular weight is 407 g/mol. The molecule has 7 heteroatoms. The van der Waals surface area contributed by atoms with Crippen LogP contribution in [0.1, 0.15) is 32.8 Å². The number of non-ortho nitro benzene ring substituents is 1. The summed E-state index contributed by atoms with van der Waals surface area (Å²) in [4.78, 5) is 27.8. The number of rotatable bonds is 4. The molecule has 1 fully saturated rings. The maximum atomic E-state index is 13.1. The number of amides is 1. The lowest BCUT2D eigenvalue weighted by molar-refractivity contribution is -0.384. The second-order valence-corrected chi connectivity index (χ2v) is 7.96. The number of fused-ring (bicyclic) bond motifs is 1. The minimum atomic E-state index is -0.376. The lowest BCUT2D eigenvalue weighted by Crippen LogP contribution is -2.48. The largest absolute Gasteiger partial charge is 0.450 e. The first-order valence-corrected chi connectivity index (χ1v) is 10.1. The average Bonchev–Trinajstić information content (AvgIpc) is 3.09. The Hall–Kier alpha value is -3.19. The van der Waals surface area contributed by atoms with Gasteiger partial charge in [-0.15, -0.1) is 0 Å². The van der Waals surface area contributed by atoms with Crippen LogP contribution < -0.4 is 0 Å². The van der Waals surface area contributed by atoms with Gasteiger partial charge in [-0.2, -0.15) is 0 Å². The molecule has 7 nitrogen and oxygen atoms in total. The second kappa shape index (κ2) is 7.91. The molecule has 4 rings (SSSR count). The number of piperazine rings is 1. The van der Waals surface area contributed by atoms with E-state index in [2.05, 4.69) is 11.0 Å². The van der Waals surface area contributed by atoms with Crippen LogP contribution in [-0.4, -0.2) is 46.8 Å². The third-order valence-electron chi connectivity index (χ3n) is 5.86. The molecule has 0 spiro atoms. The number of nitro benzene ring substituents is 1. The van der Waals surface area contributed by atoms with Gasteiger partial charge in [0.1, 0.15) is 5.58 Å². The Morgan fingerprint density at radius 3 is 2.43 bits per heavy atom. The van der Waals surface area contributed by atoms with Crippen LogP contribution in [0.2, 0.25) is 0 Å². The molecule has 0 aliphatic carbocycles. The smallest absolute Gasteiger partial charge is 0.289 e. The van der Waals surface area contributed by atoms with E-state index in [9.17, 15) is 14.9 Å². The topological polar surface area (TPSA) is 79.8 Å². The molecule has 0 bridgehead atoms. The molecule has 30 heavy (non-hydrogen) atoms. The molecule has 1 aromatic heterocycles. The zero-order valence-corrected chi connectivity index (χ0v) is 17.5. The maximum Gasteiger partial charge on any atom is 0.289 e. The summed E-state index contributed by atoms with van der Waals surface area (Å²) in [5.41, 5.74) is 4.84. The fourth-order valence-electron chi connectivity index (χ4n) is 4.16. The Morgan fingerprint density at radius 1 is 1.07 bits per heavy atom. The van der Waals surface area contributed by atoms with Gasteiger partial charge >= 0.3 is 0 Å². The van der Waals surface area contributed by atoms with Crippen LogP contribution in [0.15, 0.2) is 40.8 Å². The summed E-state index contributed by atoms with van der Waals surface area (Å²) in [6.07, 6.45) is 0. The summed E-state index contributed by atoms with van der Waals surface area (Å²) in [5.74, 6) is 0.354. The van der Waals surface area contributed by atoms with Gasteiger partial charge in [0.05, 0.1) is 4.92 Å². The van der Waals surface area contributed by atoms with Gasteiger partial charge in [0.25, 0.3) is 11.6 Å². The Bertz CT molecular complexity index is 1130. The van der Waals surface area contributed by atoms with Gasteiger partial charge < -0.3 is 9.32 Å². The summed E-state index contributed by atoms with van der Waals surface area (Å²) in [6, 6.07) is 10.8. The molecule has 1 amide bonds. The SMILES string of the molecule is Cc1ccc(C)c2c(C)c(C(=O)N3CCN(Cc4cccc([N+](=O)[O-])c4)CC3)oc12. The van der Waals surface area contributed by atoms with E-state index in [1.807, 2.05) is 37.8 Å². The zero-order valence-electron chi connectivity index (χ0n) is 17.5. The molecule has 1 aliphatic heterocycles. The lowest BCUT2D eigenvalue weighted by atomic mass is 10.0. The Morgan fingerprint density at radius 2 is 1.77 bits per heavy atom. The summed E-state index contributed by atoms with van der Waals surface area (Å²) < 4.78 is 6.01. The highest BCUT2D eigenvalue weighted by atomic mass is 16.6. The summed E-state index contributed by atoms with van der Waals surface area (Å²) in [6.45, 7) is 9.23. The molecule has 0 unspecified atom stereocenters. The molecule has 3 aromatic rings. The molecule has 0 N–H and O–H groups in total. The van der Waals surface area contributed by atoms with Gasteiger partial charge in [-0.1, -0.05) is 24.3 Å². The quantitative estimate of drug-likeness (QED) is 0.478. The Labute approximate surface area is 175 Å². The number of nitrogens with zero attached hydrogens (tertiary/aromatic N) is 3. The molecule has 2 heterocycles. The van der Waals surface area contributed by atoms with Gasteiger partial charge in [-0.05, 0) is 37.5 Å². The second-order valence-electron chi connectivity index (χ2n) is 7.96. The van der Waals surface area contributed by atoms with Crippen molar-refractivity contribution < 1.29 is 14.1 Å². The standard InChI is InChI=1S/C23H25N3O4/c1-15-7-8-16(2)21-20(15)17(3)22(30-21)23(27)25-11-9-24(10-12-25)14-18-5-4-6-19(13-18)26(28)29/h4-8,13H,9-12,14H2,1-3H3. The number of furan rings is 1. The predicted molar refractivity (Wildman–Crippen MR) is 115 cm³/mol. The van der Waals surface area contributed by atoms with E-state index in [1.165, 1.54) is 6.07 Å². The van der Waals surface area contributed by atoms with Crippen LogP contribution in [-0.2, 0) is 6.54 Å². The van der Waals surface area contributed by atoms with Crippen molar-refractivity contribution in [3.05, 3.63) is 74.5 Å². The third kappa shape index (κ3) is 3.68. The lowest BCUT2D eigenvalue weighted by Gasteiger charge is -2.34. The first kappa shape index (κ1) is 20.1. The highest BCUT2D eigenvalue weighted by molar-refractivity contribution is 6.00. The fourth-order valence-corrected chi connectivity index (χ4v) is 4.16. The van der Waals surface area contributed by atoms with Crippen molar-refractivity contribution in [1.82, 2.24) is 9.80 Å². The van der Waals surface area contributed by atoms with Crippen molar-refractivity contribution in [2.24, 2.45) is 0 Å². The monoisotopic (exact) mass is 407 g/mol. The maximum absolute atomic E-state index is 13.1. The van der Waals surface area contributed by atoms with Crippen LogP contribution in [0.4, 0.5) is 5.69 Å². The van der Waals surface area contributed by atoms with Crippen molar-refractivity contribution >= 4 is 22.6 Å². The van der Waals surface area contributed by atoms with E-state index in [0.717, 1.165) is 33.2 Å². The number of hydrogen-bond acceptors (Lipinski definition) is 5. The number of carbonyl (C=O) groups is 1.